The second-order valence-electron chi connectivity index (χ2n) is 5.26. The van der Waals surface area contributed by atoms with E-state index in [0.29, 0.717) is 24.6 Å². The molecule has 1 fully saturated rings. The Labute approximate surface area is 128 Å². The van der Waals surface area contributed by atoms with Gasteiger partial charge in [-0.05, 0) is 29.8 Å². The maximum atomic E-state index is 13.0. The number of rotatable bonds is 2. The van der Waals surface area contributed by atoms with Crippen molar-refractivity contribution in [2.45, 2.75) is 12.1 Å². The van der Waals surface area contributed by atoms with Gasteiger partial charge in [0.2, 0.25) is 0 Å². The SMILES string of the molecule is OC1CN/C(=N\c2ccc(F)cc2)C(c2ccccc2)NC1. The van der Waals surface area contributed by atoms with Gasteiger partial charge in [0.1, 0.15) is 11.7 Å². The van der Waals surface area contributed by atoms with E-state index in [1.54, 1.807) is 12.1 Å². The van der Waals surface area contributed by atoms with Gasteiger partial charge in [0, 0.05) is 13.1 Å². The van der Waals surface area contributed by atoms with Crippen molar-refractivity contribution in [2.24, 2.45) is 4.99 Å². The zero-order chi connectivity index (χ0) is 15.4. The Kier molecular flexibility index (Phi) is 4.46. The molecule has 2 atom stereocenters. The molecule has 1 aliphatic rings. The highest BCUT2D eigenvalue weighted by molar-refractivity contribution is 5.91. The molecule has 5 heteroatoms. The first-order chi connectivity index (χ1) is 10.7. The summed E-state index contributed by atoms with van der Waals surface area (Å²) < 4.78 is 13.0. The number of β-amino-alcohol motifs (C(OH)–C–C–N with tert-alkyl or cyclic N) is 1. The number of aliphatic imine (C=N–C) groups is 1. The fourth-order valence-corrected chi connectivity index (χ4v) is 2.43. The van der Waals surface area contributed by atoms with E-state index in [0.717, 1.165) is 5.56 Å². The number of halogens is 1. The minimum Gasteiger partial charge on any atom is -0.390 e. The number of aliphatic hydroxyl groups excluding tert-OH is 1. The minimum atomic E-state index is -0.480. The fourth-order valence-electron chi connectivity index (χ4n) is 2.43. The number of benzene rings is 2. The molecule has 0 radical (unpaired) electrons. The maximum Gasteiger partial charge on any atom is 0.124 e. The van der Waals surface area contributed by atoms with Gasteiger partial charge >= 0.3 is 0 Å². The summed E-state index contributed by atoms with van der Waals surface area (Å²) >= 11 is 0. The van der Waals surface area contributed by atoms with Crippen LogP contribution in [0, 0.1) is 5.82 Å². The van der Waals surface area contributed by atoms with Crippen molar-refractivity contribution in [1.29, 1.82) is 0 Å². The second-order valence-corrected chi connectivity index (χ2v) is 5.26. The summed E-state index contributed by atoms with van der Waals surface area (Å²) in [6, 6.07) is 15.8. The van der Waals surface area contributed by atoms with Crippen LogP contribution in [-0.4, -0.2) is 30.1 Å². The molecule has 0 bridgehead atoms. The Balaban J connectivity index is 1.94. The first kappa shape index (κ1) is 14.7. The summed E-state index contributed by atoms with van der Waals surface area (Å²) in [6.07, 6.45) is -0.480. The van der Waals surface area contributed by atoms with Gasteiger partial charge in [-0.25, -0.2) is 9.38 Å². The van der Waals surface area contributed by atoms with Crippen LogP contribution in [0.15, 0.2) is 59.6 Å². The number of hydrogen-bond acceptors (Lipinski definition) is 3. The van der Waals surface area contributed by atoms with Gasteiger partial charge in [0.15, 0.2) is 0 Å². The maximum absolute atomic E-state index is 13.0. The van der Waals surface area contributed by atoms with E-state index in [2.05, 4.69) is 15.6 Å². The molecule has 0 amide bonds. The standard InChI is InChI=1S/C17H18FN3O/c18-13-6-8-14(9-7-13)21-17-16(12-4-2-1-3-5-12)19-10-15(22)11-20-17/h1-9,15-16,19,22H,10-11H2,(H,20,21). The highest BCUT2D eigenvalue weighted by atomic mass is 19.1. The molecular weight excluding hydrogens is 281 g/mol. The van der Waals surface area contributed by atoms with Crippen LogP contribution in [0.25, 0.3) is 0 Å². The Morgan fingerprint density at radius 1 is 1.00 bits per heavy atom. The molecular formula is C17H18FN3O. The van der Waals surface area contributed by atoms with Gasteiger partial charge in [0.25, 0.3) is 0 Å². The van der Waals surface area contributed by atoms with E-state index < -0.39 is 6.10 Å². The number of nitrogens with zero attached hydrogens (tertiary/aromatic N) is 1. The lowest BCUT2D eigenvalue weighted by atomic mass is 10.1. The predicted octanol–water partition coefficient (Wildman–Crippen LogP) is 2.15. The Hall–Kier alpha value is -2.24. The van der Waals surface area contributed by atoms with Crippen LogP contribution in [0.1, 0.15) is 11.6 Å². The van der Waals surface area contributed by atoms with Crippen LogP contribution in [0.3, 0.4) is 0 Å². The van der Waals surface area contributed by atoms with Gasteiger partial charge in [0.05, 0.1) is 17.8 Å². The zero-order valence-electron chi connectivity index (χ0n) is 12.0. The quantitative estimate of drug-likeness (QED) is 0.796. The van der Waals surface area contributed by atoms with Crippen LogP contribution in [-0.2, 0) is 0 Å². The normalized spacial score (nSPS) is 23.8. The van der Waals surface area contributed by atoms with Crippen LogP contribution >= 0.6 is 0 Å². The Bertz CT molecular complexity index is 643. The Morgan fingerprint density at radius 3 is 2.45 bits per heavy atom. The third kappa shape index (κ3) is 3.50. The number of amidine groups is 1. The van der Waals surface area contributed by atoms with E-state index in [4.69, 9.17) is 0 Å². The summed E-state index contributed by atoms with van der Waals surface area (Å²) in [6.45, 7) is 0.908. The topological polar surface area (TPSA) is 56.6 Å². The number of aliphatic hydroxyl groups is 1. The molecule has 0 aliphatic carbocycles. The third-order valence-corrected chi connectivity index (χ3v) is 3.56. The molecule has 0 saturated carbocycles. The summed E-state index contributed by atoms with van der Waals surface area (Å²) in [5.74, 6) is 0.431. The van der Waals surface area contributed by atoms with Crippen molar-refractivity contribution in [2.75, 3.05) is 13.1 Å². The zero-order valence-corrected chi connectivity index (χ0v) is 12.0. The lowest BCUT2D eigenvalue weighted by Crippen LogP contribution is -2.34. The van der Waals surface area contributed by atoms with Gasteiger partial charge in [-0.3, -0.25) is 0 Å². The average Bonchev–Trinajstić information content (AvgIpc) is 2.73. The van der Waals surface area contributed by atoms with Gasteiger partial charge in [-0.2, -0.15) is 0 Å². The van der Waals surface area contributed by atoms with E-state index in [-0.39, 0.29) is 11.9 Å². The summed E-state index contributed by atoms with van der Waals surface area (Å²) in [5.41, 5.74) is 1.73. The lowest BCUT2D eigenvalue weighted by molar-refractivity contribution is 0.178. The van der Waals surface area contributed by atoms with Crippen molar-refractivity contribution in [3.8, 4) is 0 Å². The van der Waals surface area contributed by atoms with E-state index in [1.165, 1.54) is 12.1 Å². The highest BCUT2D eigenvalue weighted by Gasteiger charge is 2.23. The predicted molar refractivity (Wildman–Crippen MR) is 84.7 cm³/mol. The first-order valence-corrected chi connectivity index (χ1v) is 7.27. The lowest BCUT2D eigenvalue weighted by Gasteiger charge is -2.18. The van der Waals surface area contributed by atoms with Crippen molar-refractivity contribution < 1.29 is 9.50 Å². The number of nitrogens with one attached hydrogen (secondary N) is 2. The van der Waals surface area contributed by atoms with Crippen LogP contribution in [0.5, 0.6) is 0 Å². The van der Waals surface area contributed by atoms with E-state index >= 15 is 0 Å². The van der Waals surface area contributed by atoms with Crippen LogP contribution in [0.4, 0.5) is 10.1 Å². The van der Waals surface area contributed by atoms with Gasteiger partial charge < -0.3 is 15.7 Å². The molecule has 1 saturated heterocycles. The molecule has 4 nitrogen and oxygen atoms in total. The average molecular weight is 299 g/mol. The van der Waals surface area contributed by atoms with Crippen LogP contribution < -0.4 is 10.6 Å². The first-order valence-electron chi connectivity index (χ1n) is 7.27. The third-order valence-electron chi connectivity index (χ3n) is 3.56. The van der Waals surface area contributed by atoms with Crippen molar-refractivity contribution in [3.63, 3.8) is 0 Å². The van der Waals surface area contributed by atoms with Gasteiger partial charge in [-0.1, -0.05) is 30.3 Å². The summed E-state index contributed by atoms with van der Waals surface area (Å²) in [7, 11) is 0. The smallest absolute Gasteiger partial charge is 0.124 e. The van der Waals surface area contributed by atoms with E-state index in [9.17, 15) is 9.50 Å². The summed E-state index contributed by atoms with van der Waals surface area (Å²) in [5, 5.41) is 16.3. The largest absolute Gasteiger partial charge is 0.390 e. The van der Waals surface area contributed by atoms with Gasteiger partial charge in [-0.15, -0.1) is 0 Å². The molecule has 2 aromatic carbocycles. The molecule has 22 heavy (non-hydrogen) atoms. The minimum absolute atomic E-state index is 0.136. The second kappa shape index (κ2) is 6.68. The van der Waals surface area contributed by atoms with Crippen molar-refractivity contribution in [1.82, 2.24) is 10.6 Å². The molecule has 3 N–H and O–H groups in total. The molecule has 1 heterocycles. The molecule has 2 unspecified atom stereocenters. The molecule has 0 spiro atoms. The summed E-state index contributed by atoms with van der Waals surface area (Å²) in [4.78, 5) is 4.58. The fraction of sp³-hybridized carbons (Fsp3) is 0.235. The molecule has 3 rings (SSSR count). The molecule has 1 aliphatic heterocycles. The molecule has 2 aromatic rings. The number of hydrogen-bond donors (Lipinski definition) is 3. The van der Waals surface area contributed by atoms with Crippen LogP contribution in [0.2, 0.25) is 0 Å². The highest BCUT2D eigenvalue weighted by Crippen LogP contribution is 2.19. The van der Waals surface area contributed by atoms with Crippen molar-refractivity contribution in [3.05, 3.63) is 66.0 Å². The molecule has 114 valence electrons. The Morgan fingerprint density at radius 2 is 1.73 bits per heavy atom. The van der Waals surface area contributed by atoms with E-state index in [1.807, 2.05) is 30.3 Å². The molecule has 0 aromatic heterocycles. The van der Waals surface area contributed by atoms with Crippen molar-refractivity contribution >= 4 is 11.5 Å². The monoisotopic (exact) mass is 299 g/mol.